The van der Waals surface area contributed by atoms with Gasteiger partial charge in [0, 0.05) is 59.9 Å². The Morgan fingerprint density at radius 3 is 2.30 bits per heavy atom. The number of benzene rings is 7. The van der Waals surface area contributed by atoms with Gasteiger partial charge in [0.05, 0.1) is 16.7 Å². The standard InChI is InChI=1S/C49H34N4O/c1-29(31-19-13-23-44-45(31)35-18-9-12-22-43(35)54-44)51-48(30-14-5-4-6-15-30)50-28-53-42-21-11-8-17-33(42)34-24-25-40-46(47(34)53)37-26-39-36(27-41(37)52-40)32-16-7-10-20-38(32)49(39,2)3/h4-28,52H,1H2,2-3H3. The van der Waals surface area contributed by atoms with Gasteiger partial charge < -0.3 is 9.40 Å². The van der Waals surface area contributed by atoms with Crippen LogP contribution in [0.1, 0.15) is 36.1 Å². The second-order valence-electron chi connectivity index (χ2n) is 14.8. The summed E-state index contributed by atoms with van der Waals surface area (Å²) in [5, 5.41) is 6.77. The van der Waals surface area contributed by atoms with Gasteiger partial charge in [-0.3, -0.25) is 4.57 Å². The molecule has 11 rings (SSSR count). The third-order valence-corrected chi connectivity index (χ3v) is 11.4. The molecule has 5 nitrogen and oxygen atoms in total. The van der Waals surface area contributed by atoms with Crippen molar-refractivity contribution in [2.75, 3.05) is 0 Å². The highest BCUT2D eigenvalue weighted by molar-refractivity contribution is 6.27. The van der Waals surface area contributed by atoms with Gasteiger partial charge >= 0.3 is 0 Å². The highest BCUT2D eigenvalue weighted by Crippen LogP contribution is 2.51. The normalized spacial score (nSPS) is 14.0. The van der Waals surface area contributed by atoms with Crippen molar-refractivity contribution in [1.29, 1.82) is 0 Å². The Bertz CT molecular complexity index is 3260. The lowest BCUT2D eigenvalue weighted by atomic mass is 9.82. The molecule has 0 saturated carbocycles. The van der Waals surface area contributed by atoms with Crippen molar-refractivity contribution in [2.24, 2.45) is 9.98 Å². The number of amidine groups is 1. The maximum Gasteiger partial charge on any atom is 0.161 e. The molecule has 1 N–H and O–H groups in total. The number of hydrogen-bond donors (Lipinski definition) is 1. The summed E-state index contributed by atoms with van der Waals surface area (Å²) in [5.74, 6) is 0.569. The van der Waals surface area contributed by atoms with Crippen LogP contribution < -0.4 is 0 Å². The molecule has 54 heavy (non-hydrogen) atoms. The predicted molar refractivity (Wildman–Crippen MR) is 226 cm³/mol. The molecule has 0 unspecified atom stereocenters. The summed E-state index contributed by atoms with van der Waals surface area (Å²) >= 11 is 0. The summed E-state index contributed by atoms with van der Waals surface area (Å²) in [5.41, 5.74) is 13.7. The molecule has 1 aliphatic carbocycles. The lowest BCUT2D eigenvalue weighted by Gasteiger charge is -2.21. The van der Waals surface area contributed by atoms with Crippen LogP contribution in [0.15, 0.2) is 167 Å². The summed E-state index contributed by atoms with van der Waals surface area (Å²) < 4.78 is 8.43. The van der Waals surface area contributed by atoms with E-state index in [1.165, 1.54) is 43.8 Å². The van der Waals surface area contributed by atoms with Crippen molar-refractivity contribution < 1.29 is 4.42 Å². The molecule has 10 aromatic rings. The van der Waals surface area contributed by atoms with Crippen molar-refractivity contribution >= 4 is 83.4 Å². The topological polar surface area (TPSA) is 58.6 Å². The highest BCUT2D eigenvalue weighted by atomic mass is 16.3. The fourth-order valence-corrected chi connectivity index (χ4v) is 8.86. The van der Waals surface area contributed by atoms with Crippen molar-refractivity contribution in [3.05, 3.63) is 174 Å². The number of H-pyrrole nitrogens is 1. The molecule has 0 spiro atoms. The second kappa shape index (κ2) is 11.3. The Kier molecular flexibility index (Phi) is 6.39. The van der Waals surface area contributed by atoms with Crippen LogP contribution in [0.3, 0.4) is 0 Å². The number of aliphatic imine (C=N–C) groups is 2. The van der Waals surface area contributed by atoms with Crippen molar-refractivity contribution in [1.82, 2.24) is 9.55 Å². The van der Waals surface area contributed by atoms with Gasteiger partial charge in [-0.25, -0.2) is 9.98 Å². The minimum Gasteiger partial charge on any atom is -0.456 e. The summed E-state index contributed by atoms with van der Waals surface area (Å²) in [7, 11) is 0. The predicted octanol–water partition coefficient (Wildman–Crippen LogP) is 12.6. The van der Waals surface area contributed by atoms with Gasteiger partial charge in [0.2, 0.25) is 0 Å². The van der Waals surface area contributed by atoms with E-state index in [0.717, 1.165) is 55.1 Å². The Balaban J connectivity index is 1.13. The Labute approximate surface area is 311 Å². The number of hydrogen-bond acceptors (Lipinski definition) is 2. The number of aromatic nitrogens is 2. The average molecular weight is 695 g/mol. The Morgan fingerprint density at radius 1 is 0.648 bits per heavy atom. The number of para-hydroxylation sites is 2. The largest absolute Gasteiger partial charge is 0.456 e. The molecule has 3 aromatic heterocycles. The second-order valence-corrected chi connectivity index (χ2v) is 14.8. The number of aromatic amines is 1. The number of furan rings is 1. The molecular formula is C49H34N4O. The quantitative estimate of drug-likeness (QED) is 0.145. The SMILES string of the molecule is C=C(N=C(N=Cn1c2ccccc2c2ccc3[nH]c4cc5c(cc4c3c21)C(C)(C)c1ccccc1-5)c1ccccc1)c1cccc2oc3ccccc3c12. The number of nitrogens with zero attached hydrogens (tertiary/aromatic N) is 3. The van der Waals surface area contributed by atoms with Crippen LogP contribution in [0.2, 0.25) is 0 Å². The van der Waals surface area contributed by atoms with Gasteiger partial charge in [-0.15, -0.1) is 0 Å². The molecule has 0 aliphatic heterocycles. The third kappa shape index (κ3) is 4.33. The lowest BCUT2D eigenvalue weighted by molar-refractivity contribution is 0.661. The van der Waals surface area contributed by atoms with Crippen LogP contribution in [0, 0.1) is 0 Å². The van der Waals surface area contributed by atoms with Gasteiger partial charge in [0.25, 0.3) is 0 Å². The molecular weight excluding hydrogens is 661 g/mol. The van der Waals surface area contributed by atoms with Gasteiger partial charge in [0.15, 0.2) is 5.84 Å². The van der Waals surface area contributed by atoms with Gasteiger partial charge in [-0.1, -0.05) is 130 Å². The molecule has 0 amide bonds. The van der Waals surface area contributed by atoms with Gasteiger partial charge in [-0.05, 0) is 58.7 Å². The zero-order valence-electron chi connectivity index (χ0n) is 29.9. The molecule has 0 bridgehead atoms. The summed E-state index contributed by atoms with van der Waals surface area (Å²) in [6.45, 7) is 9.16. The monoisotopic (exact) mass is 694 g/mol. The summed E-state index contributed by atoms with van der Waals surface area (Å²) in [6.07, 6.45) is 1.93. The first-order valence-corrected chi connectivity index (χ1v) is 18.3. The molecule has 0 radical (unpaired) electrons. The molecule has 256 valence electrons. The van der Waals surface area contributed by atoms with Crippen LogP contribution in [-0.2, 0) is 5.41 Å². The van der Waals surface area contributed by atoms with E-state index < -0.39 is 0 Å². The van der Waals surface area contributed by atoms with Crippen molar-refractivity contribution in [3.63, 3.8) is 0 Å². The maximum atomic E-state index is 6.20. The smallest absolute Gasteiger partial charge is 0.161 e. The van der Waals surface area contributed by atoms with E-state index in [9.17, 15) is 0 Å². The van der Waals surface area contributed by atoms with E-state index in [1.54, 1.807) is 0 Å². The number of rotatable bonds is 4. The number of fused-ring (bicyclic) bond motifs is 13. The minimum atomic E-state index is -0.109. The molecule has 0 fully saturated rings. The fraction of sp³-hybridized carbons (Fsp3) is 0.0612. The van der Waals surface area contributed by atoms with Crippen LogP contribution in [0.4, 0.5) is 0 Å². The fourth-order valence-electron chi connectivity index (χ4n) is 8.86. The highest BCUT2D eigenvalue weighted by Gasteiger charge is 2.36. The molecule has 3 heterocycles. The van der Waals surface area contributed by atoms with E-state index in [2.05, 4.69) is 115 Å². The molecule has 7 aromatic carbocycles. The van der Waals surface area contributed by atoms with E-state index in [4.69, 9.17) is 14.4 Å². The molecule has 0 saturated heterocycles. The van der Waals surface area contributed by atoms with Crippen LogP contribution in [0.25, 0.3) is 82.4 Å². The van der Waals surface area contributed by atoms with E-state index >= 15 is 0 Å². The molecule has 0 atom stereocenters. The zero-order chi connectivity index (χ0) is 36.1. The lowest BCUT2D eigenvalue weighted by Crippen LogP contribution is -2.14. The van der Waals surface area contributed by atoms with Crippen LogP contribution in [-0.4, -0.2) is 21.7 Å². The first-order valence-electron chi connectivity index (χ1n) is 18.3. The number of nitrogens with one attached hydrogen (secondary N) is 1. The first kappa shape index (κ1) is 30.6. The van der Waals surface area contributed by atoms with Crippen molar-refractivity contribution in [3.8, 4) is 11.1 Å². The van der Waals surface area contributed by atoms with Gasteiger partial charge in [-0.2, -0.15) is 0 Å². The zero-order valence-corrected chi connectivity index (χ0v) is 29.9. The summed E-state index contributed by atoms with van der Waals surface area (Å²) in [6, 6.07) is 50.9. The van der Waals surface area contributed by atoms with E-state index in [-0.39, 0.29) is 5.41 Å². The average Bonchev–Trinajstić information content (AvgIpc) is 3.92. The van der Waals surface area contributed by atoms with Crippen LogP contribution in [0.5, 0.6) is 0 Å². The molecule has 5 heteroatoms. The Morgan fingerprint density at radius 2 is 1.41 bits per heavy atom. The maximum absolute atomic E-state index is 6.20. The van der Waals surface area contributed by atoms with E-state index in [0.29, 0.717) is 11.5 Å². The van der Waals surface area contributed by atoms with Crippen LogP contribution >= 0.6 is 0 Å². The first-order chi connectivity index (χ1) is 26.5. The Hall–Kier alpha value is -6.98. The summed E-state index contributed by atoms with van der Waals surface area (Å²) in [4.78, 5) is 14.1. The third-order valence-electron chi connectivity index (χ3n) is 11.4. The minimum absolute atomic E-state index is 0.109. The van der Waals surface area contributed by atoms with Gasteiger partial charge in [0.1, 0.15) is 17.5 Å². The van der Waals surface area contributed by atoms with E-state index in [1.807, 2.05) is 67.0 Å². The molecule has 1 aliphatic rings. The van der Waals surface area contributed by atoms with Crippen molar-refractivity contribution in [2.45, 2.75) is 19.3 Å².